The van der Waals surface area contributed by atoms with Crippen molar-refractivity contribution in [2.75, 3.05) is 26.9 Å². The molecule has 0 aliphatic rings. The van der Waals surface area contributed by atoms with Gasteiger partial charge in [-0.05, 0) is 12.1 Å². The van der Waals surface area contributed by atoms with Gasteiger partial charge in [0.2, 0.25) is 0 Å². The number of aliphatic imine (C=N–C) groups is 1. The lowest BCUT2D eigenvalue weighted by molar-refractivity contribution is 0.0718. The average Bonchev–Trinajstić information content (AvgIpc) is 2.40. The molecule has 0 aliphatic carbocycles. The molecule has 0 heterocycles. The molecule has 0 spiro atoms. The first-order valence-electron chi connectivity index (χ1n) is 5.42. The quantitative estimate of drug-likeness (QED) is 0.688. The normalized spacial score (nSPS) is 12.1. The third kappa shape index (κ3) is 3.81. The second-order valence-electron chi connectivity index (χ2n) is 3.97. The lowest BCUT2D eigenvalue weighted by Crippen LogP contribution is -2.39. The van der Waals surface area contributed by atoms with Crippen molar-refractivity contribution in [2.45, 2.75) is 5.54 Å². The van der Waals surface area contributed by atoms with Crippen molar-refractivity contribution in [3.63, 3.8) is 0 Å². The van der Waals surface area contributed by atoms with Gasteiger partial charge in [-0.1, -0.05) is 23.2 Å². The van der Waals surface area contributed by atoms with Crippen LogP contribution in [0, 0.1) is 0 Å². The Bertz CT molecular complexity index is 453. The highest BCUT2D eigenvalue weighted by molar-refractivity contribution is 6.36. The van der Waals surface area contributed by atoms with Crippen molar-refractivity contribution < 1.29 is 20.1 Å². The number of aliphatic hydroxyl groups excluding tert-OH is 3. The summed E-state index contributed by atoms with van der Waals surface area (Å²) in [5.74, 6) is 0.373. The van der Waals surface area contributed by atoms with E-state index in [4.69, 9.17) is 27.9 Å². The molecule has 19 heavy (non-hydrogen) atoms. The van der Waals surface area contributed by atoms with Crippen LogP contribution in [0.15, 0.2) is 17.1 Å². The number of ether oxygens (including phenoxy) is 1. The van der Waals surface area contributed by atoms with Crippen LogP contribution >= 0.6 is 23.2 Å². The molecular weight excluding hydrogens is 293 g/mol. The van der Waals surface area contributed by atoms with E-state index in [-0.39, 0.29) is 0 Å². The van der Waals surface area contributed by atoms with E-state index < -0.39 is 25.4 Å². The molecule has 1 aromatic carbocycles. The number of hydrogen-bond acceptors (Lipinski definition) is 5. The summed E-state index contributed by atoms with van der Waals surface area (Å²) in [5, 5.41) is 28.2. The van der Waals surface area contributed by atoms with E-state index >= 15 is 0 Å². The van der Waals surface area contributed by atoms with E-state index in [2.05, 4.69) is 4.99 Å². The molecule has 0 unspecified atom stereocenters. The zero-order chi connectivity index (χ0) is 14.5. The SMILES string of the molecule is COc1c(Cl)cc(Cl)cc1C=NC(CO)(CO)CO. The van der Waals surface area contributed by atoms with Gasteiger partial charge in [-0.15, -0.1) is 0 Å². The molecule has 0 atom stereocenters. The number of methoxy groups -OCH3 is 1. The van der Waals surface area contributed by atoms with E-state index in [1.807, 2.05) is 0 Å². The molecule has 1 aromatic rings. The average molecular weight is 308 g/mol. The van der Waals surface area contributed by atoms with E-state index in [0.717, 1.165) is 0 Å². The highest BCUT2D eigenvalue weighted by Gasteiger charge is 2.26. The van der Waals surface area contributed by atoms with Gasteiger partial charge < -0.3 is 20.1 Å². The molecule has 0 saturated carbocycles. The monoisotopic (exact) mass is 307 g/mol. The molecule has 3 N–H and O–H groups in total. The van der Waals surface area contributed by atoms with Crippen molar-refractivity contribution >= 4 is 29.4 Å². The second-order valence-corrected chi connectivity index (χ2v) is 4.81. The fourth-order valence-electron chi connectivity index (χ4n) is 1.37. The van der Waals surface area contributed by atoms with Gasteiger partial charge in [-0.25, -0.2) is 0 Å². The molecule has 0 amide bonds. The van der Waals surface area contributed by atoms with E-state index in [9.17, 15) is 15.3 Å². The number of rotatable bonds is 6. The maximum absolute atomic E-state index is 9.17. The first-order valence-corrected chi connectivity index (χ1v) is 6.18. The van der Waals surface area contributed by atoms with Crippen LogP contribution in [0.1, 0.15) is 5.56 Å². The van der Waals surface area contributed by atoms with Gasteiger partial charge in [0.05, 0.1) is 32.0 Å². The van der Waals surface area contributed by atoms with Gasteiger partial charge in [0, 0.05) is 16.8 Å². The van der Waals surface area contributed by atoms with Crippen LogP contribution in [0.25, 0.3) is 0 Å². The van der Waals surface area contributed by atoms with Crippen LogP contribution in [0.3, 0.4) is 0 Å². The Morgan fingerprint density at radius 2 is 1.79 bits per heavy atom. The minimum atomic E-state index is -1.35. The smallest absolute Gasteiger partial charge is 0.146 e. The number of hydrogen-bond donors (Lipinski definition) is 3. The van der Waals surface area contributed by atoms with Gasteiger partial charge in [0.25, 0.3) is 0 Å². The summed E-state index contributed by atoms with van der Waals surface area (Å²) in [5.41, 5.74) is -0.862. The standard InChI is InChI=1S/C12H15Cl2NO4/c1-19-11-8(2-9(13)3-10(11)14)4-15-12(5-16,6-17)7-18/h2-4,16-18H,5-7H2,1H3. The van der Waals surface area contributed by atoms with Crippen LogP contribution in [0.4, 0.5) is 0 Å². The molecule has 0 aromatic heterocycles. The van der Waals surface area contributed by atoms with Gasteiger partial charge in [-0.2, -0.15) is 0 Å². The summed E-state index contributed by atoms with van der Waals surface area (Å²) < 4.78 is 5.13. The molecule has 0 fully saturated rings. The predicted molar refractivity (Wildman–Crippen MR) is 74.6 cm³/mol. The summed E-state index contributed by atoms with van der Waals surface area (Å²) in [7, 11) is 1.45. The van der Waals surface area contributed by atoms with Crippen molar-refractivity contribution in [2.24, 2.45) is 4.99 Å². The maximum atomic E-state index is 9.17. The molecule has 5 nitrogen and oxygen atoms in total. The van der Waals surface area contributed by atoms with Crippen LogP contribution in [0.5, 0.6) is 5.75 Å². The summed E-state index contributed by atoms with van der Waals surface area (Å²) in [6.45, 7) is -1.48. The summed E-state index contributed by atoms with van der Waals surface area (Å²) in [4.78, 5) is 4.00. The Morgan fingerprint density at radius 3 is 2.26 bits per heavy atom. The Hall–Kier alpha value is -0.850. The van der Waals surface area contributed by atoms with Crippen LogP contribution in [-0.2, 0) is 0 Å². The molecule has 0 bridgehead atoms. The predicted octanol–water partition coefficient (Wildman–Crippen LogP) is 1.14. The minimum absolute atomic E-state index is 0.319. The van der Waals surface area contributed by atoms with E-state index in [1.165, 1.54) is 19.4 Å². The first-order chi connectivity index (χ1) is 9.01. The number of aliphatic hydroxyl groups is 3. The van der Waals surface area contributed by atoms with Crippen LogP contribution in [0.2, 0.25) is 10.0 Å². The number of nitrogens with zero attached hydrogens (tertiary/aromatic N) is 1. The third-order valence-electron chi connectivity index (χ3n) is 2.60. The van der Waals surface area contributed by atoms with Crippen molar-refractivity contribution in [3.05, 3.63) is 27.7 Å². The molecule has 0 radical (unpaired) electrons. The van der Waals surface area contributed by atoms with Crippen molar-refractivity contribution in [3.8, 4) is 5.75 Å². The minimum Gasteiger partial charge on any atom is -0.495 e. The highest BCUT2D eigenvalue weighted by Crippen LogP contribution is 2.31. The number of halogens is 2. The topological polar surface area (TPSA) is 82.3 Å². The van der Waals surface area contributed by atoms with Gasteiger partial charge >= 0.3 is 0 Å². The highest BCUT2D eigenvalue weighted by atomic mass is 35.5. The van der Waals surface area contributed by atoms with E-state index in [0.29, 0.717) is 21.4 Å². The van der Waals surface area contributed by atoms with Gasteiger partial charge in [0.15, 0.2) is 0 Å². The third-order valence-corrected chi connectivity index (χ3v) is 3.10. The summed E-state index contributed by atoms with van der Waals surface area (Å²) >= 11 is 11.8. The van der Waals surface area contributed by atoms with Crippen molar-refractivity contribution in [1.29, 1.82) is 0 Å². The van der Waals surface area contributed by atoms with Crippen LogP contribution in [-0.4, -0.2) is 54.0 Å². The molecular formula is C12H15Cl2NO4. The Morgan fingerprint density at radius 1 is 1.21 bits per heavy atom. The van der Waals surface area contributed by atoms with Gasteiger partial charge in [-0.3, -0.25) is 4.99 Å². The summed E-state index contributed by atoms with van der Waals surface area (Å²) in [6, 6.07) is 3.10. The molecule has 0 saturated heterocycles. The Kier molecular flexibility index (Phi) is 6.03. The molecule has 7 heteroatoms. The summed E-state index contributed by atoms with van der Waals surface area (Å²) in [6.07, 6.45) is 1.35. The van der Waals surface area contributed by atoms with Crippen LogP contribution < -0.4 is 4.74 Å². The largest absolute Gasteiger partial charge is 0.495 e. The lowest BCUT2D eigenvalue weighted by Gasteiger charge is -2.22. The zero-order valence-electron chi connectivity index (χ0n) is 10.3. The molecule has 106 valence electrons. The molecule has 0 aliphatic heterocycles. The van der Waals surface area contributed by atoms with E-state index in [1.54, 1.807) is 6.07 Å². The second kappa shape index (κ2) is 7.07. The fraction of sp³-hybridized carbons (Fsp3) is 0.417. The molecule has 1 rings (SSSR count). The Labute approximate surface area is 121 Å². The van der Waals surface area contributed by atoms with Gasteiger partial charge in [0.1, 0.15) is 11.3 Å². The lowest BCUT2D eigenvalue weighted by atomic mass is 10.0. The maximum Gasteiger partial charge on any atom is 0.146 e. The Balaban J connectivity index is 3.17. The fourth-order valence-corrected chi connectivity index (χ4v) is 1.96. The number of benzene rings is 1. The van der Waals surface area contributed by atoms with Crippen molar-refractivity contribution in [1.82, 2.24) is 0 Å². The first kappa shape index (κ1) is 16.2. The zero-order valence-corrected chi connectivity index (χ0v) is 11.8.